The number of benzene rings is 2. The topological polar surface area (TPSA) is 101 Å². The highest BCUT2D eigenvalue weighted by Gasteiger charge is 2.39. The predicted octanol–water partition coefficient (Wildman–Crippen LogP) is 3.59. The molecule has 1 N–H and O–H groups in total. The van der Waals surface area contributed by atoms with E-state index in [1.807, 2.05) is 13.8 Å². The number of carbonyl (C=O) groups is 3. The number of methoxy groups -OCH3 is 2. The van der Waals surface area contributed by atoms with E-state index in [1.165, 1.54) is 38.5 Å². The van der Waals surface area contributed by atoms with Gasteiger partial charge in [0.05, 0.1) is 32.4 Å². The van der Waals surface area contributed by atoms with Crippen LogP contribution in [0.5, 0.6) is 11.5 Å². The number of hydrogen-bond acceptors (Lipinski definition) is 7. The van der Waals surface area contributed by atoms with Gasteiger partial charge in [0.1, 0.15) is 5.82 Å². The molecule has 2 atom stereocenters. The van der Waals surface area contributed by atoms with E-state index in [0.29, 0.717) is 66.6 Å². The average Bonchev–Trinajstić information content (AvgIpc) is 2.97. The fourth-order valence-electron chi connectivity index (χ4n) is 5.39. The van der Waals surface area contributed by atoms with E-state index in [4.69, 9.17) is 14.2 Å². The maximum absolute atomic E-state index is 13.5. The molecule has 2 aliphatic heterocycles. The number of amides is 3. The molecular weight excluding hydrogens is 531 g/mol. The molecule has 1 fully saturated rings. The summed E-state index contributed by atoms with van der Waals surface area (Å²) < 4.78 is 29.7. The zero-order valence-corrected chi connectivity index (χ0v) is 24.1. The Morgan fingerprint density at radius 1 is 1.02 bits per heavy atom. The SMILES string of the molecule is CCOC(=O)C1=C(CN2CCN(C(=O)c3ccc(F)cc3)C(C)C2)N(CC)C(=O)NC1c1ccc(OC)c(OC)c1. The largest absolute Gasteiger partial charge is 0.493 e. The van der Waals surface area contributed by atoms with Crippen LogP contribution >= 0.6 is 0 Å². The molecule has 2 unspecified atom stereocenters. The van der Waals surface area contributed by atoms with E-state index in [-0.39, 0.29) is 24.6 Å². The molecule has 0 aromatic heterocycles. The van der Waals surface area contributed by atoms with Gasteiger partial charge >= 0.3 is 12.0 Å². The molecule has 0 aliphatic carbocycles. The van der Waals surface area contributed by atoms with Gasteiger partial charge in [0.2, 0.25) is 0 Å². The van der Waals surface area contributed by atoms with Gasteiger partial charge in [-0.15, -0.1) is 0 Å². The van der Waals surface area contributed by atoms with Crippen LogP contribution in [-0.2, 0) is 9.53 Å². The second-order valence-corrected chi connectivity index (χ2v) is 9.91. The highest BCUT2D eigenvalue weighted by atomic mass is 19.1. The number of halogens is 1. The summed E-state index contributed by atoms with van der Waals surface area (Å²) in [4.78, 5) is 45.3. The van der Waals surface area contributed by atoms with E-state index in [2.05, 4.69) is 10.2 Å². The first-order chi connectivity index (χ1) is 19.7. The Labute approximate surface area is 239 Å². The minimum absolute atomic E-state index is 0.151. The fourth-order valence-corrected chi connectivity index (χ4v) is 5.39. The molecule has 3 amide bonds. The van der Waals surface area contributed by atoms with Gasteiger partial charge < -0.3 is 24.4 Å². The van der Waals surface area contributed by atoms with E-state index >= 15 is 0 Å². The Morgan fingerprint density at radius 2 is 1.73 bits per heavy atom. The molecule has 1 saturated heterocycles. The van der Waals surface area contributed by atoms with Crippen LogP contribution in [-0.4, -0.2) is 92.2 Å². The summed E-state index contributed by atoms with van der Waals surface area (Å²) in [5.41, 5.74) is 1.98. The lowest BCUT2D eigenvalue weighted by atomic mass is 9.93. The quantitative estimate of drug-likeness (QED) is 0.462. The molecule has 4 rings (SSSR count). The third kappa shape index (κ3) is 6.30. The summed E-state index contributed by atoms with van der Waals surface area (Å²) in [7, 11) is 3.06. The molecule has 0 bridgehead atoms. The standard InChI is InChI=1S/C30H37FN4O6/c1-6-34-23(18-33-14-15-35(19(3)17-33)28(36)20-8-11-22(31)12-9-20)26(29(37)41-7-2)27(32-30(34)38)21-10-13-24(39-4)25(16-21)40-5/h8-13,16,19,27H,6-7,14-15,17-18H2,1-5H3,(H,32,38). The first kappa shape index (κ1) is 29.9. The highest BCUT2D eigenvalue weighted by molar-refractivity contribution is 5.95. The van der Waals surface area contributed by atoms with Crippen molar-refractivity contribution in [2.75, 3.05) is 53.6 Å². The summed E-state index contributed by atoms with van der Waals surface area (Å²) in [5.74, 6) is -0.0769. The molecule has 10 nitrogen and oxygen atoms in total. The number of piperazine rings is 1. The van der Waals surface area contributed by atoms with Gasteiger partial charge in [-0.3, -0.25) is 14.6 Å². The van der Waals surface area contributed by atoms with Gasteiger partial charge in [-0.05, 0) is 62.7 Å². The van der Waals surface area contributed by atoms with Crippen LogP contribution in [0.3, 0.4) is 0 Å². The lowest BCUT2D eigenvalue weighted by molar-refractivity contribution is -0.139. The summed E-state index contributed by atoms with van der Waals surface area (Å²) >= 11 is 0. The molecule has 2 aromatic rings. The highest BCUT2D eigenvalue weighted by Crippen LogP contribution is 2.36. The lowest BCUT2D eigenvalue weighted by Crippen LogP contribution is -2.56. The van der Waals surface area contributed by atoms with Crippen LogP contribution in [0.15, 0.2) is 53.7 Å². The number of nitrogens with zero attached hydrogens (tertiary/aromatic N) is 3. The molecule has 0 spiro atoms. The Balaban J connectivity index is 1.65. The normalized spacial score (nSPS) is 19.6. The molecule has 2 heterocycles. The number of hydrogen-bond donors (Lipinski definition) is 1. The molecule has 0 saturated carbocycles. The van der Waals surface area contributed by atoms with Gasteiger partial charge in [-0.25, -0.2) is 14.0 Å². The van der Waals surface area contributed by atoms with Crippen molar-refractivity contribution in [2.45, 2.75) is 32.9 Å². The van der Waals surface area contributed by atoms with E-state index in [0.717, 1.165) is 0 Å². The van der Waals surface area contributed by atoms with E-state index in [1.54, 1.807) is 34.9 Å². The van der Waals surface area contributed by atoms with Crippen LogP contribution in [0, 0.1) is 5.82 Å². The zero-order valence-electron chi connectivity index (χ0n) is 24.1. The molecule has 0 radical (unpaired) electrons. The maximum atomic E-state index is 13.5. The van der Waals surface area contributed by atoms with Crippen molar-refractivity contribution in [3.8, 4) is 11.5 Å². The minimum atomic E-state index is -0.766. The first-order valence-electron chi connectivity index (χ1n) is 13.7. The Morgan fingerprint density at radius 3 is 2.34 bits per heavy atom. The smallest absolute Gasteiger partial charge is 0.338 e. The molecule has 11 heteroatoms. The van der Waals surface area contributed by atoms with Crippen molar-refractivity contribution in [2.24, 2.45) is 0 Å². The van der Waals surface area contributed by atoms with Crippen LogP contribution in [0.25, 0.3) is 0 Å². The number of rotatable bonds is 9. The molecule has 2 aliphatic rings. The summed E-state index contributed by atoms with van der Waals surface area (Å²) in [6, 6.07) is 9.54. The second-order valence-electron chi connectivity index (χ2n) is 9.91. The number of carbonyl (C=O) groups excluding carboxylic acids is 3. The Bertz CT molecular complexity index is 1310. The third-order valence-corrected chi connectivity index (χ3v) is 7.43. The van der Waals surface area contributed by atoms with Crippen LogP contribution < -0.4 is 14.8 Å². The monoisotopic (exact) mass is 568 g/mol. The predicted molar refractivity (Wildman–Crippen MR) is 150 cm³/mol. The number of urea groups is 1. The van der Waals surface area contributed by atoms with Gasteiger partial charge in [-0.2, -0.15) is 0 Å². The minimum Gasteiger partial charge on any atom is -0.493 e. The summed E-state index contributed by atoms with van der Waals surface area (Å²) in [6.45, 7) is 7.86. The van der Waals surface area contributed by atoms with Crippen molar-refractivity contribution in [1.29, 1.82) is 0 Å². The van der Waals surface area contributed by atoms with Gasteiger partial charge in [0.25, 0.3) is 5.91 Å². The number of ether oxygens (including phenoxy) is 3. The first-order valence-corrected chi connectivity index (χ1v) is 13.7. The maximum Gasteiger partial charge on any atom is 0.338 e. The number of nitrogens with one attached hydrogen (secondary N) is 1. The van der Waals surface area contributed by atoms with Crippen molar-refractivity contribution < 1.29 is 33.0 Å². The Hall–Kier alpha value is -4.12. The van der Waals surface area contributed by atoms with Crippen LogP contribution in [0.4, 0.5) is 9.18 Å². The zero-order chi connectivity index (χ0) is 29.7. The Kier molecular flexibility index (Phi) is 9.49. The van der Waals surface area contributed by atoms with E-state index < -0.39 is 17.8 Å². The molecular formula is C30H37FN4O6. The summed E-state index contributed by atoms with van der Waals surface area (Å²) in [5, 5.41) is 2.97. The number of esters is 1. The summed E-state index contributed by atoms with van der Waals surface area (Å²) in [6.07, 6.45) is 0. The molecule has 41 heavy (non-hydrogen) atoms. The van der Waals surface area contributed by atoms with Crippen molar-refractivity contribution in [3.63, 3.8) is 0 Å². The van der Waals surface area contributed by atoms with Crippen molar-refractivity contribution in [3.05, 3.63) is 70.7 Å². The van der Waals surface area contributed by atoms with Gasteiger partial charge in [0.15, 0.2) is 11.5 Å². The average molecular weight is 569 g/mol. The number of likely N-dealkylation sites (N-methyl/N-ethyl adjacent to an activating group) is 1. The van der Waals surface area contributed by atoms with Gasteiger partial charge in [0, 0.05) is 50.0 Å². The van der Waals surface area contributed by atoms with Crippen LogP contribution in [0.2, 0.25) is 0 Å². The third-order valence-electron chi connectivity index (χ3n) is 7.43. The molecule has 220 valence electrons. The van der Waals surface area contributed by atoms with Crippen LogP contribution in [0.1, 0.15) is 42.7 Å². The van der Waals surface area contributed by atoms with E-state index in [9.17, 15) is 18.8 Å². The second kappa shape index (κ2) is 13.0. The van der Waals surface area contributed by atoms with Crippen molar-refractivity contribution >= 4 is 17.9 Å². The van der Waals surface area contributed by atoms with Crippen molar-refractivity contribution in [1.82, 2.24) is 20.0 Å². The van der Waals surface area contributed by atoms with Gasteiger partial charge in [-0.1, -0.05) is 6.07 Å². The fraction of sp³-hybridized carbons (Fsp3) is 0.433. The molecule has 2 aromatic carbocycles. The lowest BCUT2D eigenvalue weighted by Gasteiger charge is -2.43.